The first-order chi connectivity index (χ1) is 21.4. The van der Waals surface area contributed by atoms with Crippen LogP contribution in [-0.2, 0) is 17.1 Å². The van der Waals surface area contributed by atoms with Crippen molar-refractivity contribution < 1.29 is 35.9 Å². The molecular weight excluding hydrogens is 606 g/mol. The van der Waals surface area contributed by atoms with Crippen molar-refractivity contribution in [2.75, 3.05) is 82.8 Å². The third-order valence-electron chi connectivity index (χ3n) is 7.72. The van der Waals surface area contributed by atoms with E-state index in [9.17, 15) is 31.1 Å². The lowest BCUT2D eigenvalue weighted by Gasteiger charge is -2.35. The minimum atomic E-state index is -4.99. The number of hydrogen-bond donors (Lipinski definition) is 2. The molecule has 10 nitrogen and oxygen atoms in total. The lowest BCUT2D eigenvalue weighted by atomic mass is 10.1. The first-order valence-electron chi connectivity index (χ1n) is 14.5. The summed E-state index contributed by atoms with van der Waals surface area (Å²) in [5.41, 5.74) is -1.89. The van der Waals surface area contributed by atoms with Gasteiger partial charge in [0.25, 0.3) is 5.91 Å². The third kappa shape index (κ3) is 8.43. The number of carbonyl (C=O) groups is 1. The summed E-state index contributed by atoms with van der Waals surface area (Å²) >= 11 is 0. The van der Waals surface area contributed by atoms with Crippen LogP contribution in [0.25, 0.3) is 5.69 Å². The number of aromatic nitrogens is 3. The lowest BCUT2D eigenvalue weighted by molar-refractivity contribution is -0.143. The number of hydrogen-bond acceptors (Lipinski definition) is 8. The van der Waals surface area contributed by atoms with Gasteiger partial charge in [0.15, 0.2) is 5.69 Å². The maximum atomic E-state index is 13.6. The number of rotatable bonds is 9. The van der Waals surface area contributed by atoms with Gasteiger partial charge in [-0.2, -0.15) is 26.3 Å². The van der Waals surface area contributed by atoms with E-state index >= 15 is 0 Å². The number of halogens is 6. The van der Waals surface area contributed by atoms with Crippen molar-refractivity contribution in [1.82, 2.24) is 30.1 Å². The number of nitrogens with zero attached hydrogens (tertiary/aromatic N) is 6. The van der Waals surface area contributed by atoms with E-state index in [1.807, 2.05) is 11.9 Å². The van der Waals surface area contributed by atoms with Crippen LogP contribution >= 0.6 is 0 Å². The van der Waals surface area contributed by atoms with Gasteiger partial charge in [-0.1, -0.05) is 5.21 Å². The number of ether oxygens (including phenoxy) is 1. The Morgan fingerprint density at radius 2 is 1.58 bits per heavy atom. The van der Waals surface area contributed by atoms with Crippen LogP contribution in [0.1, 0.15) is 28.0 Å². The van der Waals surface area contributed by atoms with Crippen LogP contribution in [-0.4, -0.2) is 103 Å². The predicted octanol–water partition coefficient (Wildman–Crippen LogP) is 4.25. The average Bonchev–Trinajstić information content (AvgIpc) is 3.50. The van der Waals surface area contributed by atoms with E-state index in [4.69, 9.17) is 4.74 Å². The van der Waals surface area contributed by atoms with Gasteiger partial charge in [-0.05, 0) is 56.4 Å². The van der Waals surface area contributed by atoms with Crippen LogP contribution in [0.2, 0.25) is 0 Å². The molecule has 0 saturated carbocycles. The Labute approximate surface area is 255 Å². The highest BCUT2D eigenvalue weighted by Gasteiger charge is 2.37. The van der Waals surface area contributed by atoms with E-state index in [2.05, 4.69) is 30.7 Å². The minimum Gasteiger partial charge on any atom is -0.379 e. The quantitative estimate of drug-likeness (QED) is 0.265. The normalized spacial score (nSPS) is 17.0. The zero-order chi connectivity index (χ0) is 32.2. The van der Waals surface area contributed by atoms with Crippen molar-refractivity contribution in [1.29, 1.82) is 0 Å². The van der Waals surface area contributed by atoms with Crippen molar-refractivity contribution >= 4 is 23.0 Å². The Bertz CT molecular complexity index is 1430. The molecular formula is C29H34F6N8O2. The summed E-state index contributed by atoms with van der Waals surface area (Å²) in [6.45, 7) is 6.98. The van der Waals surface area contributed by atoms with Crippen LogP contribution in [0.3, 0.4) is 0 Å². The number of amides is 1. The number of nitrogens with one attached hydrogen (secondary N) is 2. The highest BCUT2D eigenvalue weighted by molar-refractivity contribution is 5.92. The summed E-state index contributed by atoms with van der Waals surface area (Å²) in [6.07, 6.45) is -7.81. The smallest absolute Gasteiger partial charge is 0.379 e. The lowest BCUT2D eigenvalue weighted by Crippen LogP contribution is -2.44. The van der Waals surface area contributed by atoms with Gasteiger partial charge in [-0.15, -0.1) is 5.10 Å². The van der Waals surface area contributed by atoms with Crippen LogP contribution in [0, 0.1) is 0 Å². The molecule has 2 aliphatic rings. The number of anilines is 3. The van der Waals surface area contributed by atoms with Gasteiger partial charge in [0, 0.05) is 51.5 Å². The molecule has 2 fully saturated rings. The van der Waals surface area contributed by atoms with Gasteiger partial charge < -0.3 is 25.2 Å². The Kier molecular flexibility index (Phi) is 9.84. The molecule has 0 spiro atoms. The summed E-state index contributed by atoms with van der Waals surface area (Å²) in [5.74, 6) is -0.417. The summed E-state index contributed by atoms with van der Waals surface area (Å²) in [4.78, 5) is 19.1. The van der Waals surface area contributed by atoms with Crippen LogP contribution < -0.4 is 15.5 Å². The molecule has 0 unspecified atom stereocenters. The molecule has 5 rings (SSSR count). The number of benzene rings is 2. The molecule has 16 heteroatoms. The third-order valence-corrected chi connectivity index (χ3v) is 7.72. The topological polar surface area (TPSA) is 90.8 Å². The van der Waals surface area contributed by atoms with Gasteiger partial charge >= 0.3 is 12.4 Å². The minimum absolute atomic E-state index is 0.0618. The second-order valence-electron chi connectivity index (χ2n) is 11.0. The summed E-state index contributed by atoms with van der Waals surface area (Å²) in [7, 11) is 1.96. The van der Waals surface area contributed by atoms with Gasteiger partial charge in [0.2, 0.25) is 0 Å². The predicted molar refractivity (Wildman–Crippen MR) is 155 cm³/mol. The SMILES string of the molecule is CN1CCN(c2ccc(-n3cc(C(=O)NCCCN4CCOCC4)nn3)cc2Nc2cc(C(F)(F)F)cc(C(F)(F)F)c2)CC1. The van der Waals surface area contributed by atoms with E-state index in [1.165, 1.54) is 10.9 Å². The summed E-state index contributed by atoms with van der Waals surface area (Å²) in [6, 6.07) is 6.35. The molecule has 2 aliphatic heterocycles. The maximum Gasteiger partial charge on any atom is 0.416 e. The molecule has 3 aromatic rings. The zero-order valence-corrected chi connectivity index (χ0v) is 24.6. The molecule has 0 bridgehead atoms. The highest BCUT2D eigenvalue weighted by atomic mass is 19.4. The molecule has 244 valence electrons. The van der Waals surface area contributed by atoms with Gasteiger partial charge in [0.1, 0.15) is 0 Å². The van der Waals surface area contributed by atoms with Crippen LogP contribution in [0.4, 0.5) is 43.4 Å². The van der Waals surface area contributed by atoms with Crippen molar-refractivity contribution in [3.8, 4) is 5.69 Å². The van der Waals surface area contributed by atoms with Gasteiger partial charge in [-0.25, -0.2) is 4.68 Å². The van der Waals surface area contributed by atoms with E-state index in [1.54, 1.807) is 18.2 Å². The molecule has 2 N–H and O–H groups in total. The average molecular weight is 641 g/mol. The first kappa shape index (κ1) is 32.5. The van der Waals surface area contributed by atoms with E-state index in [0.717, 1.165) is 39.1 Å². The van der Waals surface area contributed by atoms with Gasteiger partial charge in [0.05, 0.1) is 47.6 Å². The maximum absolute atomic E-state index is 13.6. The Balaban J connectivity index is 1.37. The fraction of sp³-hybridized carbons (Fsp3) is 0.483. The number of morpholine rings is 1. The van der Waals surface area contributed by atoms with E-state index in [0.29, 0.717) is 56.4 Å². The second-order valence-corrected chi connectivity index (χ2v) is 11.0. The molecule has 2 saturated heterocycles. The summed E-state index contributed by atoms with van der Waals surface area (Å²) < 4.78 is 88.0. The van der Waals surface area contributed by atoms with Gasteiger partial charge in [-0.3, -0.25) is 9.69 Å². The number of piperazine rings is 1. The molecule has 3 heterocycles. The van der Waals surface area contributed by atoms with E-state index in [-0.39, 0.29) is 23.1 Å². The zero-order valence-electron chi connectivity index (χ0n) is 24.6. The molecule has 1 amide bonds. The molecule has 45 heavy (non-hydrogen) atoms. The second kappa shape index (κ2) is 13.6. The highest BCUT2D eigenvalue weighted by Crippen LogP contribution is 2.39. The van der Waals surface area contributed by atoms with Crippen molar-refractivity contribution in [2.45, 2.75) is 18.8 Å². The largest absolute Gasteiger partial charge is 0.416 e. The molecule has 2 aromatic carbocycles. The fourth-order valence-corrected chi connectivity index (χ4v) is 5.19. The molecule has 0 radical (unpaired) electrons. The van der Waals surface area contributed by atoms with Crippen molar-refractivity contribution in [3.63, 3.8) is 0 Å². The van der Waals surface area contributed by atoms with Crippen LogP contribution in [0.15, 0.2) is 42.6 Å². The standard InChI is InChI=1S/C29H34F6N8O2/c1-40-7-9-42(10-8-40)26-4-3-23(18-24(26)37-22-16-20(28(30,31)32)15-21(17-22)29(33,34)35)43-19-25(38-39-43)27(44)36-5-2-6-41-11-13-45-14-12-41/h3-4,15-19,37H,2,5-14H2,1H3,(H,36,44). The molecule has 0 atom stereocenters. The Morgan fingerprint density at radius 3 is 2.22 bits per heavy atom. The number of alkyl halides is 6. The number of likely N-dealkylation sites (N-methyl/N-ethyl adjacent to an activating group) is 1. The number of carbonyl (C=O) groups excluding carboxylic acids is 1. The van der Waals surface area contributed by atoms with Crippen molar-refractivity contribution in [3.05, 3.63) is 59.4 Å². The van der Waals surface area contributed by atoms with Crippen LogP contribution in [0.5, 0.6) is 0 Å². The van der Waals surface area contributed by atoms with Crippen molar-refractivity contribution in [2.24, 2.45) is 0 Å². The van der Waals surface area contributed by atoms with E-state index < -0.39 is 29.4 Å². The monoisotopic (exact) mass is 640 g/mol. The summed E-state index contributed by atoms with van der Waals surface area (Å²) in [5, 5.41) is 13.6. The Hall–Kier alpha value is -3.89. The fourth-order valence-electron chi connectivity index (χ4n) is 5.19. The molecule has 0 aliphatic carbocycles. The molecule has 1 aromatic heterocycles. The first-order valence-corrected chi connectivity index (χ1v) is 14.5. The Morgan fingerprint density at radius 1 is 0.911 bits per heavy atom.